The molecule has 0 atom stereocenters. The van der Waals surface area contributed by atoms with E-state index >= 15 is 0 Å². The van der Waals surface area contributed by atoms with E-state index in [0.717, 1.165) is 23.2 Å². The summed E-state index contributed by atoms with van der Waals surface area (Å²) in [6.45, 7) is 2.07. The Bertz CT molecular complexity index is 641. The molecule has 0 aliphatic rings. The molecule has 1 amide bonds. The van der Waals surface area contributed by atoms with E-state index in [0.29, 0.717) is 21.6 Å². The summed E-state index contributed by atoms with van der Waals surface area (Å²) in [6.07, 6.45) is 0.888. The van der Waals surface area contributed by atoms with Crippen LogP contribution in [0.5, 0.6) is 0 Å². The third-order valence-electron chi connectivity index (χ3n) is 3.21. The van der Waals surface area contributed by atoms with Crippen molar-refractivity contribution in [2.45, 2.75) is 19.1 Å². The van der Waals surface area contributed by atoms with Gasteiger partial charge >= 0.3 is 0 Å². The summed E-state index contributed by atoms with van der Waals surface area (Å²) in [4.78, 5) is 12.0. The maximum absolute atomic E-state index is 12.0. The average Bonchev–Trinajstić information content (AvgIpc) is 2.51. The molecule has 0 spiro atoms. The SMILES string of the molecule is CCc1ccccc1NC(=O)CSCc1c(Cl)cccc1Cl. The average molecular weight is 354 g/mol. The Balaban J connectivity index is 1.88. The van der Waals surface area contributed by atoms with Crippen molar-refractivity contribution in [3.05, 3.63) is 63.6 Å². The summed E-state index contributed by atoms with van der Waals surface area (Å²) in [5.74, 6) is 0.954. The van der Waals surface area contributed by atoms with E-state index in [2.05, 4.69) is 12.2 Å². The Morgan fingerprint density at radius 3 is 2.45 bits per heavy atom. The highest BCUT2D eigenvalue weighted by Gasteiger charge is 2.09. The summed E-state index contributed by atoms with van der Waals surface area (Å²) >= 11 is 13.7. The fraction of sp³-hybridized carbons (Fsp3) is 0.235. The van der Waals surface area contributed by atoms with Crippen LogP contribution in [0.3, 0.4) is 0 Å². The van der Waals surface area contributed by atoms with Gasteiger partial charge in [0.05, 0.1) is 5.75 Å². The largest absolute Gasteiger partial charge is 0.325 e. The Morgan fingerprint density at radius 1 is 1.09 bits per heavy atom. The lowest BCUT2D eigenvalue weighted by Crippen LogP contribution is -2.15. The highest BCUT2D eigenvalue weighted by atomic mass is 35.5. The molecule has 0 heterocycles. The van der Waals surface area contributed by atoms with Gasteiger partial charge in [-0.3, -0.25) is 4.79 Å². The predicted octanol–water partition coefficient (Wildman–Crippen LogP) is 5.43. The minimum Gasteiger partial charge on any atom is -0.325 e. The fourth-order valence-electron chi connectivity index (χ4n) is 2.05. The molecule has 2 rings (SSSR count). The molecule has 0 fully saturated rings. The quantitative estimate of drug-likeness (QED) is 0.750. The smallest absolute Gasteiger partial charge is 0.234 e. The fourth-order valence-corrected chi connectivity index (χ4v) is 3.62. The lowest BCUT2D eigenvalue weighted by molar-refractivity contribution is -0.113. The van der Waals surface area contributed by atoms with Gasteiger partial charge in [-0.25, -0.2) is 0 Å². The lowest BCUT2D eigenvalue weighted by Gasteiger charge is -2.10. The zero-order chi connectivity index (χ0) is 15.9. The normalized spacial score (nSPS) is 10.5. The Morgan fingerprint density at radius 2 is 1.77 bits per heavy atom. The van der Waals surface area contributed by atoms with Crippen molar-refractivity contribution in [2.75, 3.05) is 11.1 Å². The van der Waals surface area contributed by atoms with Crippen LogP contribution in [0.25, 0.3) is 0 Å². The summed E-state index contributed by atoms with van der Waals surface area (Å²) in [7, 11) is 0. The number of thioether (sulfide) groups is 1. The van der Waals surface area contributed by atoms with Gasteiger partial charge in [-0.05, 0) is 35.7 Å². The van der Waals surface area contributed by atoms with Crippen LogP contribution >= 0.6 is 35.0 Å². The zero-order valence-electron chi connectivity index (χ0n) is 12.2. The molecule has 116 valence electrons. The number of aryl methyl sites for hydroxylation is 1. The number of carbonyl (C=O) groups excluding carboxylic acids is 1. The van der Waals surface area contributed by atoms with E-state index in [-0.39, 0.29) is 5.91 Å². The molecule has 0 saturated carbocycles. The number of carbonyl (C=O) groups is 1. The van der Waals surface area contributed by atoms with Crippen molar-refractivity contribution in [1.82, 2.24) is 0 Å². The predicted molar refractivity (Wildman–Crippen MR) is 97.1 cm³/mol. The summed E-state index contributed by atoms with van der Waals surface area (Å²) < 4.78 is 0. The van der Waals surface area contributed by atoms with Gasteiger partial charge in [0.2, 0.25) is 5.91 Å². The molecule has 2 aromatic carbocycles. The highest BCUT2D eigenvalue weighted by molar-refractivity contribution is 7.99. The topological polar surface area (TPSA) is 29.1 Å². The van der Waals surface area contributed by atoms with Crippen LogP contribution in [0.15, 0.2) is 42.5 Å². The molecule has 0 unspecified atom stereocenters. The van der Waals surface area contributed by atoms with Gasteiger partial charge in [0, 0.05) is 21.5 Å². The number of benzene rings is 2. The highest BCUT2D eigenvalue weighted by Crippen LogP contribution is 2.28. The number of nitrogens with one attached hydrogen (secondary N) is 1. The van der Waals surface area contributed by atoms with Crippen LogP contribution < -0.4 is 5.32 Å². The molecule has 0 aromatic heterocycles. The molecule has 5 heteroatoms. The standard InChI is InChI=1S/C17H17Cl2NOS/c1-2-12-6-3-4-9-16(12)20-17(21)11-22-10-13-14(18)7-5-8-15(13)19/h3-9H,2,10-11H2,1H3,(H,20,21). The zero-order valence-corrected chi connectivity index (χ0v) is 14.6. The molecule has 0 aliphatic heterocycles. The van der Waals surface area contributed by atoms with E-state index in [9.17, 15) is 4.79 Å². The van der Waals surface area contributed by atoms with E-state index in [4.69, 9.17) is 23.2 Å². The van der Waals surface area contributed by atoms with Crippen LogP contribution in [0.2, 0.25) is 10.0 Å². The number of amides is 1. The number of anilines is 1. The molecular formula is C17H17Cl2NOS. The van der Waals surface area contributed by atoms with Crippen LogP contribution in [0.1, 0.15) is 18.1 Å². The molecule has 2 nitrogen and oxygen atoms in total. The Kier molecular flexibility index (Phi) is 6.62. The Hall–Kier alpha value is -1.16. The number of para-hydroxylation sites is 1. The second kappa shape index (κ2) is 8.47. The molecule has 0 aliphatic carbocycles. The number of rotatable bonds is 6. The second-order valence-corrected chi connectivity index (χ2v) is 6.55. The van der Waals surface area contributed by atoms with Crippen molar-refractivity contribution in [3.63, 3.8) is 0 Å². The first-order chi connectivity index (χ1) is 10.6. The van der Waals surface area contributed by atoms with E-state index < -0.39 is 0 Å². The van der Waals surface area contributed by atoms with Crippen LogP contribution in [0, 0.1) is 0 Å². The first-order valence-electron chi connectivity index (χ1n) is 7.00. The van der Waals surface area contributed by atoms with Crippen molar-refractivity contribution in [3.8, 4) is 0 Å². The minimum atomic E-state index is -0.0194. The van der Waals surface area contributed by atoms with Crippen LogP contribution in [0.4, 0.5) is 5.69 Å². The van der Waals surface area contributed by atoms with Crippen molar-refractivity contribution < 1.29 is 4.79 Å². The molecule has 0 saturated heterocycles. The molecule has 22 heavy (non-hydrogen) atoms. The van der Waals surface area contributed by atoms with Gasteiger partial charge in [-0.2, -0.15) is 0 Å². The third-order valence-corrected chi connectivity index (χ3v) is 4.88. The first-order valence-corrected chi connectivity index (χ1v) is 8.91. The second-order valence-electron chi connectivity index (χ2n) is 4.75. The van der Waals surface area contributed by atoms with Crippen LogP contribution in [-0.4, -0.2) is 11.7 Å². The van der Waals surface area contributed by atoms with Crippen molar-refractivity contribution in [1.29, 1.82) is 0 Å². The van der Waals surface area contributed by atoms with E-state index in [1.165, 1.54) is 11.8 Å². The van der Waals surface area contributed by atoms with Gasteiger partial charge in [0.15, 0.2) is 0 Å². The van der Waals surface area contributed by atoms with Crippen LogP contribution in [-0.2, 0) is 17.0 Å². The van der Waals surface area contributed by atoms with E-state index in [1.807, 2.05) is 30.3 Å². The van der Waals surface area contributed by atoms with Crippen molar-refractivity contribution in [2.24, 2.45) is 0 Å². The maximum Gasteiger partial charge on any atom is 0.234 e. The first kappa shape index (κ1) is 17.2. The summed E-state index contributed by atoms with van der Waals surface area (Å²) in [5.41, 5.74) is 2.89. The number of hydrogen-bond acceptors (Lipinski definition) is 2. The number of halogens is 2. The van der Waals surface area contributed by atoms with Gasteiger partial charge in [-0.1, -0.05) is 54.4 Å². The lowest BCUT2D eigenvalue weighted by atomic mass is 10.1. The summed E-state index contributed by atoms with van der Waals surface area (Å²) in [6, 6.07) is 13.3. The molecular weight excluding hydrogens is 337 g/mol. The van der Waals surface area contributed by atoms with Gasteiger partial charge < -0.3 is 5.32 Å². The van der Waals surface area contributed by atoms with Gasteiger partial charge in [0.1, 0.15) is 0 Å². The third kappa shape index (κ3) is 4.67. The van der Waals surface area contributed by atoms with Crippen molar-refractivity contribution >= 4 is 46.6 Å². The molecule has 0 radical (unpaired) electrons. The van der Waals surface area contributed by atoms with E-state index in [1.54, 1.807) is 12.1 Å². The number of hydrogen-bond donors (Lipinski definition) is 1. The summed E-state index contributed by atoms with van der Waals surface area (Å²) in [5, 5.41) is 4.22. The monoisotopic (exact) mass is 353 g/mol. The molecule has 2 aromatic rings. The molecule has 0 bridgehead atoms. The Labute approximate surface area is 145 Å². The van der Waals surface area contributed by atoms with Gasteiger partial charge in [-0.15, -0.1) is 11.8 Å². The van der Waals surface area contributed by atoms with Gasteiger partial charge in [0.25, 0.3) is 0 Å². The minimum absolute atomic E-state index is 0.0194. The molecule has 1 N–H and O–H groups in total. The maximum atomic E-state index is 12.0.